The van der Waals surface area contributed by atoms with Gasteiger partial charge in [-0.2, -0.15) is 0 Å². The number of hydrogen-bond acceptors (Lipinski definition) is 2. The minimum Gasteiger partial charge on any atom is -0.375 e. The third-order valence-corrected chi connectivity index (χ3v) is 5.31. The highest BCUT2D eigenvalue weighted by molar-refractivity contribution is 4.95. The third kappa shape index (κ3) is 3.27. The normalized spacial score (nSPS) is 27.8. The van der Waals surface area contributed by atoms with Gasteiger partial charge < -0.3 is 10.1 Å². The maximum Gasteiger partial charge on any atom is 0.0685 e. The minimum absolute atomic E-state index is 0.276. The monoisotopic (exact) mass is 253 g/mol. The van der Waals surface area contributed by atoms with Crippen LogP contribution in [0.4, 0.5) is 0 Å². The van der Waals surface area contributed by atoms with Gasteiger partial charge in [0, 0.05) is 6.61 Å². The lowest BCUT2D eigenvalue weighted by Gasteiger charge is -2.45. The van der Waals surface area contributed by atoms with Crippen LogP contribution in [-0.4, -0.2) is 25.3 Å². The summed E-state index contributed by atoms with van der Waals surface area (Å²) in [6.07, 6.45) is 9.25. The van der Waals surface area contributed by atoms with Crippen molar-refractivity contribution in [1.82, 2.24) is 5.32 Å². The summed E-state index contributed by atoms with van der Waals surface area (Å²) in [5.41, 5.74) is 0.736. The molecule has 0 aromatic rings. The average molecular weight is 253 g/mol. The van der Waals surface area contributed by atoms with Gasteiger partial charge in [-0.1, -0.05) is 33.6 Å². The van der Waals surface area contributed by atoms with Gasteiger partial charge in [0.1, 0.15) is 0 Å². The van der Waals surface area contributed by atoms with Gasteiger partial charge in [-0.25, -0.2) is 0 Å². The van der Waals surface area contributed by atoms with Crippen LogP contribution in [0.1, 0.15) is 65.7 Å². The van der Waals surface area contributed by atoms with Crippen LogP contribution in [0.25, 0.3) is 0 Å². The van der Waals surface area contributed by atoms with Gasteiger partial charge in [-0.3, -0.25) is 0 Å². The second-order valence-corrected chi connectivity index (χ2v) is 7.02. The molecule has 1 saturated heterocycles. The van der Waals surface area contributed by atoms with Crippen molar-refractivity contribution in [1.29, 1.82) is 0 Å². The molecule has 1 unspecified atom stereocenters. The Balaban J connectivity index is 1.90. The molecule has 1 N–H and O–H groups in total. The molecular weight excluding hydrogens is 222 g/mol. The van der Waals surface area contributed by atoms with Crippen molar-refractivity contribution in [3.8, 4) is 0 Å². The molecule has 1 aliphatic carbocycles. The summed E-state index contributed by atoms with van der Waals surface area (Å²) in [6, 6.07) is 0. The van der Waals surface area contributed by atoms with Gasteiger partial charge >= 0.3 is 0 Å². The second-order valence-electron chi connectivity index (χ2n) is 7.02. The highest BCUT2D eigenvalue weighted by Crippen LogP contribution is 2.47. The first-order valence-electron chi connectivity index (χ1n) is 7.93. The maximum absolute atomic E-state index is 6.16. The van der Waals surface area contributed by atoms with Crippen molar-refractivity contribution in [2.75, 3.05) is 19.7 Å². The maximum atomic E-state index is 6.16. The topological polar surface area (TPSA) is 21.3 Å². The second kappa shape index (κ2) is 5.92. The van der Waals surface area contributed by atoms with Gasteiger partial charge in [0.15, 0.2) is 0 Å². The molecule has 1 heterocycles. The zero-order valence-electron chi connectivity index (χ0n) is 12.6. The van der Waals surface area contributed by atoms with E-state index in [2.05, 4.69) is 26.1 Å². The van der Waals surface area contributed by atoms with E-state index in [-0.39, 0.29) is 5.60 Å². The Bertz CT molecular complexity index is 256. The highest BCUT2D eigenvalue weighted by atomic mass is 16.5. The fourth-order valence-electron chi connectivity index (χ4n) is 3.85. The molecule has 0 aromatic heterocycles. The van der Waals surface area contributed by atoms with Gasteiger partial charge in [0.05, 0.1) is 5.60 Å². The molecular formula is C16H31NO. The Kier molecular flexibility index (Phi) is 4.71. The molecule has 0 bridgehead atoms. The molecule has 0 amide bonds. The van der Waals surface area contributed by atoms with E-state index in [9.17, 15) is 0 Å². The standard InChI is InChI=1S/C16H31NO/c1-4-17-11-10-15(2,3)14-7-12-18-16(13-14)8-5-6-9-16/h14,17H,4-13H2,1-3H3. The van der Waals surface area contributed by atoms with Crippen LogP contribution in [0.5, 0.6) is 0 Å². The molecule has 1 spiro atoms. The summed E-state index contributed by atoms with van der Waals surface area (Å²) in [5.74, 6) is 0.850. The Morgan fingerprint density at radius 2 is 2.00 bits per heavy atom. The first kappa shape index (κ1) is 14.3. The SMILES string of the molecule is CCNCCC(C)(C)C1CCOC2(CCCC2)C1. The summed E-state index contributed by atoms with van der Waals surface area (Å²) in [7, 11) is 0. The zero-order valence-corrected chi connectivity index (χ0v) is 12.6. The largest absolute Gasteiger partial charge is 0.375 e. The molecule has 2 heteroatoms. The van der Waals surface area contributed by atoms with Gasteiger partial charge in [0.25, 0.3) is 0 Å². The minimum atomic E-state index is 0.276. The fraction of sp³-hybridized carbons (Fsp3) is 1.00. The number of nitrogens with one attached hydrogen (secondary N) is 1. The average Bonchev–Trinajstić information content (AvgIpc) is 2.77. The molecule has 2 aliphatic rings. The third-order valence-electron chi connectivity index (χ3n) is 5.31. The molecule has 1 aliphatic heterocycles. The molecule has 2 nitrogen and oxygen atoms in total. The smallest absolute Gasteiger partial charge is 0.0685 e. The van der Waals surface area contributed by atoms with E-state index in [0.29, 0.717) is 5.41 Å². The van der Waals surface area contributed by atoms with Gasteiger partial charge in [-0.15, -0.1) is 0 Å². The summed E-state index contributed by atoms with van der Waals surface area (Å²) in [4.78, 5) is 0. The molecule has 18 heavy (non-hydrogen) atoms. The van der Waals surface area contributed by atoms with Crippen LogP contribution >= 0.6 is 0 Å². The summed E-state index contributed by atoms with van der Waals surface area (Å²) in [6.45, 7) is 10.4. The first-order chi connectivity index (χ1) is 8.58. The van der Waals surface area contributed by atoms with E-state index < -0.39 is 0 Å². The van der Waals surface area contributed by atoms with Crippen LogP contribution in [0.2, 0.25) is 0 Å². The number of hydrogen-bond donors (Lipinski definition) is 1. The highest BCUT2D eigenvalue weighted by Gasteiger charge is 2.43. The Morgan fingerprint density at radius 1 is 1.28 bits per heavy atom. The zero-order chi connectivity index (χ0) is 13.1. The number of ether oxygens (including phenoxy) is 1. The quantitative estimate of drug-likeness (QED) is 0.753. The molecule has 2 rings (SSSR count). The molecule has 2 fully saturated rings. The van der Waals surface area contributed by atoms with Crippen LogP contribution in [0.15, 0.2) is 0 Å². The summed E-state index contributed by atoms with van der Waals surface area (Å²) in [5, 5.41) is 3.47. The molecule has 106 valence electrons. The van der Waals surface area contributed by atoms with Crippen LogP contribution in [0, 0.1) is 11.3 Å². The van der Waals surface area contributed by atoms with Crippen LogP contribution in [0.3, 0.4) is 0 Å². The predicted molar refractivity (Wildman–Crippen MR) is 76.8 cm³/mol. The molecule has 0 aromatic carbocycles. The lowest BCUT2D eigenvalue weighted by molar-refractivity contribution is -0.113. The van der Waals surface area contributed by atoms with E-state index in [4.69, 9.17) is 4.74 Å². The van der Waals surface area contributed by atoms with Crippen molar-refractivity contribution in [2.45, 2.75) is 71.3 Å². The lowest BCUT2D eigenvalue weighted by atomic mass is 9.68. The van der Waals surface area contributed by atoms with Crippen molar-refractivity contribution in [3.63, 3.8) is 0 Å². The number of rotatable bonds is 5. The predicted octanol–water partition coefficient (Wildman–Crippen LogP) is 3.75. The van der Waals surface area contributed by atoms with E-state index >= 15 is 0 Å². The van der Waals surface area contributed by atoms with Crippen molar-refractivity contribution < 1.29 is 4.74 Å². The fourth-order valence-corrected chi connectivity index (χ4v) is 3.85. The van der Waals surface area contributed by atoms with E-state index in [0.717, 1.165) is 25.6 Å². The van der Waals surface area contributed by atoms with Crippen molar-refractivity contribution in [2.24, 2.45) is 11.3 Å². The summed E-state index contributed by atoms with van der Waals surface area (Å²) >= 11 is 0. The summed E-state index contributed by atoms with van der Waals surface area (Å²) < 4.78 is 6.16. The van der Waals surface area contributed by atoms with Crippen LogP contribution in [-0.2, 0) is 4.74 Å². The lowest BCUT2D eigenvalue weighted by Crippen LogP contribution is -2.42. The first-order valence-corrected chi connectivity index (χ1v) is 7.93. The van der Waals surface area contributed by atoms with Crippen molar-refractivity contribution in [3.05, 3.63) is 0 Å². The van der Waals surface area contributed by atoms with Crippen LogP contribution < -0.4 is 5.32 Å². The van der Waals surface area contributed by atoms with Gasteiger partial charge in [-0.05, 0) is 56.5 Å². The Morgan fingerprint density at radius 3 is 2.67 bits per heavy atom. The Labute approximate surface area is 113 Å². The van der Waals surface area contributed by atoms with Gasteiger partial charge in [0.2, 0.25) is 0 Å². The van der Waals surface area contributed by atoms with E-state index in [1.807, 2.05) is 0 Å². The van der Waals surface area contributed by atoms with Crippen molar-refractivity contribution >= 4 is 0 Å². The Hall–Kier alpha value is -0.0800. The van der Waals surface area contributed by atoms with E-state index in [1.165, 1.54) is 44.9 Å². The van der Waals surface area contributed by atoms with E-state index in [1.54, 1.807) is 0 Å². The molecule has 1 atom stereocenters. The molecule has 0 radical (unpaired) electrons. The molecule has 1 saturated carbocycles.